The molecule has 1 unspecified atom stereocenters. The predicted octanol–water partition coefficient (Wildman–Crippen LogP) is 4.30. The van der Waals surface area contributed by atoms with Crippen LogP contribution >= 0.6 is 35.6 Å². The van der Waals surface area contributed by atoms with Crippen molar-refractivity contribution in [3.05, 3.63) is 47.0 Å². The number of aromatic nitrogens is 1. The van der Waals surface area contributed by atoms with Crippen LogP contribution in [0.1, 0.15) is 24.7 Å². The lowest BCUT2D eigenvalue weighted by Crippen LogP contribution is -2.44. The fraction of sp³-hybridized carbons (Fsp3) is 0.444. The number of furan rings is 1. The van der Waals surface area contributed by atoms with E-state index < -0.39 is 11.7 Å². The summed E-state index contributed by atoms with van der Waals surface area (Å²) in [5.41, 5.74) is -0.852. The lowest BCUT2D eigenvalue weighted by molar-refractivity contribution is -0.137. The summed E-state index contributed by atoms with van der Waals surface area (Å²) in [7, 11) is 0. The van der Waals surface area contributed by atoms with Crippen molar-refractivity contribution >= 4 is 47.4 Å². The van der Waals surface area contributed by atoms with Crippen LogP contribution in [0.4, 0.5) is 19.0 Å². The summed E-state index contributed by atoms with van der Waals surface area (Å²) in [6, 6.07) is 4.64. The summed E-state index contributed by atoms with van der Waals surface area (Å²) in [5.74, 6) is 1.76. The molecule has 0 bridgehead atoms. The van der Waals surface area contributed by atoms with Crippen LogP contribution in [0.2, 0.25) is 5.02 Å². The lowest BCUT2D eigenvalue weighted by atomic mass is 10.2. The quantitative estimate of drug-likeness (QED) is 0.335. The number of hydrogen-bond donors (Lipinski definition) is 2. The maximum atomic E-state index is 12.8. The molecule has 3 heterocycles. The van der Waals surface area contributed by atoms with Gasteiger partial charge in [0.05, 0.1) is 16.8 Å². The Morgan fingerprint density at radius 3 is 2.86 bits per heavy atom. The first-order chi connectivity index (χ1) is 13.4. The fourth-order valence-corrected chi connectivity index (χ4v) is 3.25. The topological polar surface area (TPSA) is 65.7 Å². The summed E-state index contributed by atoms with van der Waals surface area (Å²) in [5, 5.41) is 6.51. The van der Waals surface area contributed by atoms with E-state index in [9.17, 15) is 13.2 Å². The Hall–Kier alpha value is -1.69. The number of halogens is 5. The summed E-state index contributed by atoms with van der Waals surface area (Å²) in [6.07, 6.45) is -1.27. The standard InChI is InChI=1S/C18H21ClF3N5O.HI/c1-2-23-17(25-10-14-4-3-7-28-14)26-13-5-6-27(11-13)16-15(19)8-12(9-24-16)18(20,21)22;/h3-4,7-9,13H,2,5-6,10-11H2,1H3,(H2,23,25,26);1H. The average molecular weight is 544 g/mol. The van der Waals surface area contributed by atoms with Gasteiger partial charge >= 0.3 is 6.18 Å². The van der Waals surface area contributed by atoms with Gasteiger partial charge in [0, 0.05) is 31.9 Å². The third-order valence-electron chi connectivity index (χ3n) is 4.30. The van der Waals surface area contributed by atoms with Crippen molar-refractivity contribution in [3.63, 3.8) is 0 Å². The van der Waals surface area contributed by atoms with Gasteiger partial charge in [-0.25, -0.2) is 9.98 Å². The van der Waals surface area contributed by atoms with Crippen LogP contribution in [0.15, 0.2) is 40.1 Å². The highest BCUT2D eigenvalue weighted by atomic mass is 127. The second-order valence-corrected chi connectivity index (χ2v) is 6.78. The van der Waals surface area contributed by atoms with Crippen LogP contribution in [0.5, 0.6) is 0 Å². The molecule has 1 aliphatic heterocycles. The molecule has 1 atom stereocenters. The van der Waals surface area contributed by atoms with Crippen molar-refractivity contribution in [1.29, 1.82) is 0 Å². The second kappa shape index (κ2) is 10.4. The van der Waals surface area contributed by atoms with Gasteiger partial charge < -0.3 is 20.0 Å². The SMILES string of the molecule is CCNC(=NCc1ccco1)NC1CCN(c2ncc(C(F)(F)F)cc2Cl)C1.I. The molecule has 2 aromatic rings. The zero-order valence-corrected chi connectivity index (χ0v) is 18.8. The summed E-state index contributed by atoms with van der Waals surface area (Å²) in [4.78, 5) is 10.3. The minimum atomic E-state index is -4.46. The highest BCUT2D eigenvalue weighted by Crippen LogP contribution is 2.34. The third-order valence-corrected chi connectivity index (χ3v) is 4.57. The molecule has 1 aliphatic rings. The van der Waals surface area contributed by atoms with Crippen molar-refractivity contribution in [3.8, 4) is 0 Å². The third kappa shape index (κ3) is 6.39. The molecule has 3 rings (SSSR count). The molecule has 2 aromatic heterocycles. The number of nitrogens with zero attached hydrogens (tertiary/aromatic N) is 3. The molecular weight excluding hydrogens is 522 g/mol. The van der Waals surface area contributed by atoms with Crippen molar-refractivity contribution < 1.29 is 17.6 Å². The van der Waals surface area contributed by atoms with E-state index in [1.807, 2.05) is 17.9 Å². The van der Waals surface area contributed by atoms with Crippen LogP contribution in [0, 0.1) is 0 Å². The Kier molecular flexibility index (Phi) is 8.44. The van der Waals surface area contributed by atoms with Gasteiger partial charge in [0.15, 0.2) is 5.96 Å². The van der Waals surface area contributed by atoms with E-state index in [4.69, 9.17) is 16.0 Å². The van der Waals surface area contributed by atoms with Crippen molar-refractivity contribution in [2.75, 3.05) is 24.5 Å². The van der Waals surface area contributed by atoms with Gasteiger partial charge in [-0.05, 0) is 31.5 Å². The van der Waals surface area contributed by atoms with E-state index >= 15 is 0 Å². The molecule has 0 saturated carbocycles. The summed E-state index contributed by atoms with van der Waals surface area (Å²) < 4.78 is 43.6. The number of aliphatic imine (C=N–C) groups is 1. The van der Waals surface area contributed by atoms with Gasteiger partial charge in [0.25, 0.3) is 0 Å². The Morgan fingerprint density at radius 1 is 1.45 bits per heavy atom. The fourth-order valence-electron chi connectivity index (χ4n) is 2.96. The molecule has 1 saturated heterocycles. The maximum Gasteiger partial charge on any atom is 0.417 e. The molecule has 0 amide bonds. The van der Waals surface area contributed by atoms with E-state index in [0.717, 1.165) is 24.4 Å². The average Bonchev–Trinajstić information content (AvgIpc) is 3.31. The first-order valence-corrected chi connectivity index (χ1v) is 9.29. The molecule has 0 radical (unpaired) electrons. The molecule has 2 N–H and O–H groups in total. The van der Waals surface area contributed by atoms with Gasteiger partial charge in [-0.2, -0.15) is 13.2 Å². The molecule has 0 aromatic carbocycles. The van der Waals surface area contributed by atoms with E-state index in [0.29, 0.717) is 38.0 Å². The van der Waals surface area contributed by atoms with Crippen LogP contribution in [-0.2, 0) is 12.7 Å². The molecule has 160 valence electrons. The van der Waals surface area contributed by atoms with Crippen molar-refractivity contribution in [1.82, 2.24) is 15.6 Å². The highest BCUT2D eigenvalue weighted by Gasteiger charge is 2.33. The second-order valence-electron chi connectivity index (χ2n) is 6.38. The molecular formula is C18H22ClF3IN5O. The number of hydrogen-bond acceptors (Lipinski definition) is 4. The summed E-state index contributed by atoms with van der Waals surface area (Å²) >= 11 is 6.05. The molecule has 0 spiro atoms. The first-order valence-electron chi connectivity index (χ1n) is 8.91. The van der Waals surface area contributed by atoms with Crippen molar-refractivity contribution in [2.45, 2.75) is 32.1 Å². The normalized spacial score (nSPS) is 17.2. The van der Waals surface area contributed by atoms with Gasteiger partial charge in [0.2, 0.25) is 0 Å². The van der Waals surface area contributed by atoms with Crippen molar-refractivity contribution in [2.24, 2.45) is 4.99 Å². The number of rotatable bonds is 5. The summed E-state index contributed by atoms with van der Waals surface area (Å²) in [6.45, 7) is 4.27. The number of guanidine groups is 1. The van der Waals surface area contributed by atoms with E-state index in [-0.39, 0.29) is 35.0 Å². The first kappa shape index (κ1) is 23.6. The number of anilines is 1. The molecule has 1 fully saturated rings. The van der Waals surface area contributed by atoms with E-state index in [1.165, 1.54) is 0 Å². The van der Waals surface area contributed by atoms with E-state index in [1.54, 1.807) is 12.3 Å². The largest absolute Gasteiger partial charge is 0.467 e. The smallest absolute Gasteiger partial charge is 0.417 e. The molecule has 6 nitrogen and oxygen atoms in total. The lowest BCUT2D eigenvalue weighted by Gasteiger charge is -2.21. The molecule has 0 aliphatic carbocycles. The van der Waals surface area contributed by atoms with Crippen LogP contribution in [0.25, 0.3) is 0 Å². The van der Waals surface area contributed by atoms with Crippen LogP contribution in [-0.4, -0.2) is 36.6 Å². The van der Waals surface area contributed by atoms with Crippen LogP contribution < -0.4 is 15.5 Å². The van der Waals surface area contributed by atoms with Gasteiger partial charge in [-0.1, -0.05) is 11.6 Å². The minimum Gasteiger partial charge on any atom is -0.467 e. The molecule has 11 heteroatoms. The Balaban J connectivity index is 0.00000300. The van der Waals surface area contributed by atoms with Gasteiger partial charge in [-0.15, -0.1) is 24.0 Å². The van der Waals surface area contributed by atoms with Gasteiger partial charge in [0.1, 0.15) is 18.1 Å². The predicted molar refractivity (Wildman–Crippen MR) is 117 cm³/mol. The highest BCUT2D eigenvalue weighted by molar-refractivity contribution is 14.0. The minimum absolute atomic E-state index is 0. The Bertz CT molecular complexity index is 816. The number of alkyl halides is 3. The Morgan fingerprint density at radius 2 is 2.24 bits per heavy atom. The Labute approximate surface area is 188 Å². The van der Waals surface area contributed by atoms with Crippen LogP contribution in [0.3, 0.4) is 0 Å². The monoisotopic (exact) mass is 543 g/mol. The number of nitrogens with one attached hydrogen (secondary N) is 2. The molecule has 29 heavy (non-hydrogen) atoms. The van der Waals surface area contributed by atoms with E-state index in [2.05, 4.69) is 20.6 Å². The maximum absolute atomic E-state index is 12.8. The number of pyridine rings is 1. The zero-order chi connectivity index (χ0) is 20.1. The zero-order valence-electron chi connectivity index (χ0n) is 15.7. The van der Waals surface area contributed by atoms with Gasteiger partial charge in [-0.3, -0.25) is 0 Å².